The Hall–Kier alpha value is -0.340. The van der Waals surface area contributed by atoms with E-state index in [1.807, 2.05) is 33.8 Å². The summed E-state index contributed by atoms with van der Waals surface area (Å²) in [5.41, 5.74) is 0.527. The zero-order valence-electron chi connectivity index (χ0n) is 9.00. The van der Waals surface area contributed by atoms with E-state index in [9.17, 15) is 5.11 Å². The first-order valence-corrected chi connectivity index (χ1v) is 4.95. The number of hydrogen-bond acceptors (Lipinski definition) is 2. The lowest BCUT2D eigenvalue weighted by molar-refractivity contribution is -0.110. The van der Waals surface area contributed by atoms with Crippen LogP contribution >= 0.6 is 0 Å². The van der Waals surface area contributed by atoms with Crippen LogP contribution < -0.4 is 0 Å². The van der Waals surface area contributed by atoms with Gasteiger partial charge in [0, 0.05) is 12.8 Å². The third kappa shape index (κ3) is 3.12. The van der Waals surface area contributed by atoms with Crippen LogP contribution in [0.25, 0.3) is 0 Å². The molecule has 2 heteroatoms. The van der Waals surface area contributed by atoms with Crippen LogP contribution in [0.1, 0.15) is 40.5 Å². The molecule has 1 fully saturated rings. The summed E-state index contributed by atoms with van der Waals surface area (Å²) in [5, 5.41) is 10.2. The van der Waals surface area contributed by atoms with E-state index in [1.54, 1.807) is 0 Å². The highest BCUT2D eigenvalue weighted by molar-refractivity contribution is 5.09. The van der Waals surface area contributed by atoms with Crippen LogP contribution in [0.5, 0.6) is 0 Å². The van der Waals surface area contributed by atoms with Crippen LogP contribution in [0.15, 0.2) is 11.6 Å². The van der Waals surface area contributed by atoms with Gasteiger partial charge in [0.25, 0.3) is 0 Å². The lowest BCUT2D eigenvalue weighted by atomic mass is 9.86. The highest BCUT2D eigenvalue weighted by atomic mass is 16.5. The van der Waals surface area contributed by atoms with E-state index < -0.39 is 5.60 Å². The first-order valence-electron chi connectivity index (χ1n) is 4.95. The zero-order valence-corrected chi connectivity index (χ0v) is 9.00. The first kappa shape index (κ1) is 10.7. The highest BCUT2D eigenvalue weighted by Crippen LogP contribution is 2.30. The number of hydrogen-bond donors (Lipinski definition) is 1. The molecule has 1 N–H and O–H groups in total. The van der Waals surface area contributed by atoms with Gasteiger partial charge in [0.15, 0.2) is 0 Å². The predicted molar refractivity (Wildman–Crippen MR) is 53.6 cm³/mol. The van der Waals surface area contributed by atoms with Gasteiger partial charge in [-0.25, -0.2) is 0 Å². The number of aliphatic hydroxyl groups is 1. The first-order chi connectivity index (χ1) is 5.91. The minimum atomic E-state index is -0.643. The van der Waals surface area contributed by atoms with Crippen molar-refractivity contribution in [3.05, 3.63) is 11.6 Å². The molecule has 1 rings (SSSR count). The van der Waals surface area contributed by atoms with Crippen LogP contribution in [-0.2, 0) is 4.74 Å². The molecule has 0 amide bonds. The maximum atomic E-state index is 10.2. The molecule has 0 aromatic heterocycles. The minimum Gasteiger partial charge on any atom is -0.386 e. The molecule has 1 heterocycles. The molecule has 2 atom stereocenters. The van der Waals surface area contributed by atoms with E-state index in [4.69, 9.17) is 4.74 Å². The SMILES string of the molecule is CC(C)=CC1(O)CC(C)OC(C)C1. The van der Waals surface area contributed by atoms with Gasteiger partial charge >= 0.3 is 0 Å². The fraction of sp³-hybridized carbons (Fsp3) is 0.818. The lowest BCUT2D eigenvalue weighted by Gasteiger charge is -2.37. The average Bonchev–Trinajstić information content (AvgIpc) is 1.77. The number of allylic oxidation sites excluding steroid dienone is 1. The quantitative estimate of drug-likeness (QED) is 0.633. The fourth-order valence-electron chi connectivity index (χ4n) is 2.23. The second-order valence-corrected chi connectivity index (χ2v) is 4.49. The van der Waals surface area contributed by atoms with Crippen molar-refractivity contribution in [1.82, 2.24) is 0 Å². The molecular weight excluding hydrogens is 164 g/mol. The zero-order chi connectivity index (χ0) is 10.1. The van der Waals surface area contributed by atoms with E-state index in [0.717, 1.165) is 0 Å². The Balaban J connectivity index is 2.72. The molecule has 2 unspecified atom stereocenters. The molecule has 0 aromatic carbocycles. The Bertz CT molecular complexity index is 194. The van der Waals surface area contributed by atoms with Gasteiger partial charge < -0.3 is 9.84 Å². The number of ether oxygens (including phenoxy) is 1. The smallest absolute Gasteiger partial charge is 0.0879 e. The van der Waals surface area contributed by atoms with Crippen LogP contribution in [0.4, 0.5) is 0 Å². The summed E-state index contributed by atoms with van der Waals surface area (Å²) in [6, 6.07) is 0. The van der Waals surface area contributed by atoms with Gasteiger partial charge in [-0.1, -0.05) is 11.6 Å². The fourth-order valence-corrected chi connectivity index (χ4v) is 2.23. The summed E-state index contributed by atoms with van der Waals surface area (Å²) in [5.74, 6) is 0. The maximum Gasteiger partial charge on any atom is 0.0879 e. The molecule has 0 aliphatic carbocycles. The molecule has 0 saturated carbocycles. The van der Waals surface area contributed by atoms with Crippen molar-refractivity contribution >= 4 is 0 Å². The Labute approximate surface area is 80.6 Å². The van der Waals surface area contributed by atoms with Crippen LogP contribution in [-0.4, -0.2) is 22.9 Å². The molecular formula is C11H20O2. The van der Waals surface area contributed by atoms with Gasteiger partial charge in [0.2, 0.25) is 0 Å². The molecule has 1 aliphatic heterocycles. The highest BCUT2D eigenvalue weighted by Gasteiger charge is 2.34. The standard InChI is InChI=1S/C11H20O2/c1-8(2)5-11(12)6-9(3)13-10(4)7-11/h5,9-10,12H,6-7H2,1-4H3. The summed E-state index contributed by atoms with van der Waals surface area (Å²) in [4.78, 5) is 0. The average molecular weight is 184 g/mol. The second-order valence-electron chi connectivity index (χ2n) is 4.49. The van der Waals surface area contributed by atoms with Crippen molar-refractivity contribution in [1.29, 1.82) is 0 Å². The molecule has 0 aromatic rings. The largest absolute Gasteiger partial charge is 0.386 e. The predicted octanol–water partition coefficient (Wildman–Crippen LogP) is 2.27. The summed E-state index contributed by atoms with van der Waals surface area (Å²) in [7, 11) is 0. The number of rotatable bonds is 1. The molecule has 0 bridgehead atoms. The van der Waals surface area contributed by atoms with Crippen LogP contribution in [0, 0.1) is 0 Å². The minimum absolute atomic E-state index is 0.157. The van der Waals surface area contributed by atoms with E-state index in [0.29, 0.717) is 12.8 Å². The van der Waals surface area contributed by atoms with Gasteiger partial charge in [-0.15, -0.1) is 0 Å². The molecule has 0 spiro atoms. The summed E-state index contributed by atoms with van der Waals surface area (Å²) >= 11 is 0. The molecule has 2 nitrogen and oxygen atoms in total. The molecule has 1 aliphatic rings. The Morgan fingerprint density at radius 1 is 1.31 bits per heavy atom. The van der Waals surface area contributed by atoms with E-state index in [1.165, 1.54) is 5.57 Å². The second kappa shape index (κ2) is 3.81. The van der Waals surface area contributed by atoms with Crippen LogP contribution in [0.3, 0.4) is 0 Å². The molecule has 0 radical (unpaired) electrons. The van der Waals surface area contributed by atoms with E-state index >= 15 is 0 Å². The summed E-state index contributed by atoms with van der Waals surface area (Å²) < 4.78 is 5.57. The van der Waals surface area contributed by atoms with Gasteiger partial charge in [0.05, 0.1) is 17.8 Å². The summed E-state index contributed by atoms with van der Waals surface area (Å²) in [6.45, 7) is 8.06. The third-order valence-electron chi connectivity index (χ3n) is 2.30. The van der Waals surface area contributed by atoms with E-state index in [-0.39, 0.29) is 12.2 Å². The maximum absolute atomic E-state index is 10.2. The van der Waals surface area contributed by atoms with E-state index in [2.05, 4.69) is 0 Å². The monoisotopic (exact) mass is 184 g/mol. The van der Waals surface area contributed by atoms with Crippen LogP contribution in [0.2, 0.25) is 0 Å². The van der Waals surface area contributed by atoms with Gasteiger partial charge in [-0.05, 0) is 27.7 Å². The van der Waals surface area contributed by atoms with Crippen molar-refractivity contribution in [3.63, 3.8) is 0 Å². The van der Waals surface area contributed by atoms with Crippen molar-refractivity contribution in [2.45, 2.75) is 58.3 Å². The normalized spacial score (nSPS) is 40.1. The Morgan fingerprint density at radius 2 is 1.77 bits per heavy atom. The lowest BCUT2D eigenvalue weighted by Crippen LogP contribution is -2.42. The van der Waals surface area contributed by atoms with Gasteiger partial charge in [0.1, 0.15) is 0 Å². The topological polar surface area (TPSA) is 29.5 Å². The van der Waals surface area contributed by atoms with Crippen molar-refractivity contribution in [2.24, 2.45) is 0 Å². The van der Waals surface area contributed by atoms with Crippen molar-refractivity contribution in [3.8, 4) is 0 Å². The third-order valence-corrected chi connectivity index (χ3v) is 2.30. The Morgan fingerprint density at radius 3 is 2.15 bits per heavy atom. The van der Waals surface area contributed by atoms with Gasteiger partial charge in [-0.2, -0.15) is 0 Å². The Kier molecular flexibility index (Phi) is 3.14. The summed E-state index contributed by atoms with van der Waals surface area (Å²) in [6.07, 6.45) is 3.70. The van der Waals surface area contributed by atoms with Crippen molar-refractivity contribution < 1.29 is 9.84 Å². The molecule has 13 heavy (non-hydrogen) atoms. The van der Waals surface area contributed by atoms with Gasteiger partial charge in [-0.3, -0.25) is 0 Å². The van der Waals surface area contributed by atoms with Crippen molar-refractivity contribution in [2.75, 3.05) is 0 Å². The molecule has 1 saturated heterocycles. The molecule has 76 valence electrons.